The molecule has 1 aromatic carbocycles. The van der Waals surface area contributed by atoms with E-state index in [9.17, 15) is 0 Å². The van der Waals surface area contributed by atoms with E-state index < -0.39 is 0 Å². The maximum absolute atomic E-state index is 5.93. The van der Waals surface area contributed by atoms with Crippen LogP contribution in [0.3, 0.4) is 0 Å². The van der Waals surface area contributed by atoms with Crippen molar-refractivity contribution < 1.29 is 4.74 Å². The summed E-state index contributed by atoms with van der Waals surface area (Å²) in [6.07, 6.45) is 13.9. The predicted octanol–water partition coefficient (Wildman–Crippen LogP) is 5.41. The minimum Gasteiger partial charge on any atom is -0.494 e. The Morgan fingerprint density at radius 1 is 0.870 bits per heavy atom. The number of benzene rings is 1. The summed E-state index contributed by atoms with van der Waals surface area (Å²) in [5, 5.41) is 0. The molecule has 3 rings (SSSR count). The minimum absolute atomic E-state index is 0.877. The van der Waals surface area contributed by atoms with Crippen molar-refractivity contribution in [3.63, 3.8) is 0 Å². The third kappa shape index (κ3) is 5.84. The normalized spacial score (nSPS) is 20.5. The van der Waals surface area contributed by atoms with E-state index in [1.807, 2.05) is 0 Å². The molecule has 0 radical (unpaired) electrons. The van der Waals surface area contributed by atoms with Gasteiger partial charge in [0.25, 0.3) is 0 Å². The monoisotopic (exact) mass is 315 g/mol. The van der Waals surface area contributed by atoms with Crippen LogP contribution < -0.4 is 4.74 Å². The Morgan fingerprint density at radius 2 is 1.57 bits per heavy atom. The van der Waals surface area contributed by atoms with Crippen molar-refractivity contribution in [1.82, 2.24) is 4.90 Å². The van der Waals surface area contributed by atoms with Crippen LogP contribution in [0.4, 0.5) is 0 Å². The molecular formula is C21H33NO. The van der Waals surface area contributed by atoms with Crippen LogP contribution in [0.15, 0.2) is 24.3 Å². The second-order valence-corrected chi connectivity index (χ2v) is 7.48. The Labute approximate surface area is 142 Å². The third-order valence-corrected chi connectivity index (χ3v) is 5.53. The van der Waals surface area contributed by atoms with E-state index in [0.29, 0.717) is 0 Å². The van der Waals surface area contributed by atoms with Crippen molar-refractivity contribution in [3.8, 4) is 5.75 Å². The standard InChI is InChI=1S/C21H33NO/c1-3-8-19(9-4-1)10-7-17-23-21-13-11-20(12-14-21)18-22-15-5-2-6-16-22/h11-14,19H,1-10,15-18H2. The number of hydrogen-bond donors (Lipinski definition) is 0. The van der Waals surface area contributed by atoms with Crippen LogP contribution in [0.1, 0.15) is 69.8 Å². The molecule has 1 saturated carbocycles. The minimum atomic E-state index is 0.877. The maximum Gasteiger partial charge on any atom is 0.119 e. The van der Waals surface area contributed by atoms with Crippen molar-refractivity contribution in [3.05, 3.63) is 29.8 Å². The van der Waals surface area contributed by atoms with Gasteiger partial charge in [-0.1, -0.05) is 50.7 Å². The lowest BCUT2D eigenvalue weighted by Gasteiger charge is -2.26. The van der Waals surface area contributed by atoms with Gasteiger partial charge in [-0.25, -0.2) is 0 Å². The zero-order valence-corrected chi connectivity index (χ0v) is 14.6. The quantitative estimate of drug-likeness (QED) is 0.624. The highest BCUT2D eigenvalue weighted by Crippen LogP contribution is 2.27. The highest BCUT2D eigenvalue weighted by molar-refractivity contribution is 5.27. The predicted molar refractivity (Wildman–Crippen MR) is 96.9 cm³/mol. The molecule has 2 heteroatoms. The summed E-state index contributed by atoms with van der Waals surface area (Å²) in [6, 6.07) is 8.79. The van der Waals surface area contributed by atoms with Crippen molar-refractivity contribution >= 4 is 0 Å². The lowest BCUT2D eigenvalue weighted by atomic mass is 9.86. The van der Waals surface area contributed by atoms with Gasteiger partial charge < -0.3 is 4.74 Å². The summed E-state index contributed by atoms with van der Waals surface area (Å²) in [7, 11) is 0. The molecular weight excluding hydrogens is 282 g/mol. The Morgan fingerprint density at radius 3 is 2.30 bits per heavy atom. The van der Waals surface area contributed by atoms with Crippen LogP contribution in [0.25, 0.3) is 0 Å². The topological polar surface area (TPSA) is 12.5 Å². The second-order valence-electron chi connectivity index (χ2n) is 7.48. The lowest BCUT2D eigenvalue weighted by Crippen LogP contribution is -2.28. The second kappa shape index (κ2) is 9.32. The average molecular weight is 316 g/mol. The van der Waals surface area contributed by atoms with E-state index in [0.717, 1.165) is 24.8 Å². The SMILES string of the molecule is c1cc(OCCCC2CCCCC2)ccc1CN1CCCCC1. The van der Waals surface area contributed by atoms with Crippen molar-refractivity contribution in [2.24, 2.45) is 5.92 Å². The lowest BCUT2D eigenvalue weighted by molar-refractivity contribution is 0.220. The highest BCUT2D eigenvalue weighted by Gasteiger charge is 2.13. The van der Waals surface area contributed by atoms with E-state index in [2.05, 4.69) is 29.2 Å². The smallest absolute Gasteiger partial charge is 0.119 e. The van der Waals surface area contributed by atoms with Crippen molar-refractivity contribution in [1.29, 1.82) is 0 Å². The summed E-state index contributed by atoms with van der Waals surface area (Å²) < 4.78 is 5.93. The number of ether oxygens (including phenoxy) is 1. The maximum atomic E-state index is 5.93. The van der Waals surface area contributed by atoms with Gasteiger partial charge in [-0.05, 0) is 62.4 Å². The van der Waals surface area contributed by atoms with Crippen LogP contribution in [-0.4, -0.2) is 24.6 Å². The van der Waals surface area contributed by atoms with Gasteiger partial charge >= 0.3 is 0 Å². The van der Waals surface area contributed by atoms with Crippen LogP contribution in [0.5, 0.6) is 5.75 Å². The molecule has 0 unspecified atom stereocenters. The number of hydrogen-bond acceptors (Lipinski definition) is 2. The molecule has 23 heavy (non-hydrogen) atoms. The molecule has 128 valence electrons. The average Bonchev–Trinajstić information content (AvgIpc) is 2.62. The van der Waals surface area contributed by atoms with Gasteiger partial charge in [0, 0.05) is 6.54 Å². The van der Waals surface area contributed by atoms with Gasteiger partial charge in [-0.2, -0.15) is 0 Å². The van der Waals surface area contributed by atoms with Crippen LogP contribution in [0, 0.1) is 5.92 Å². The van der Waals surface area contributed by atoms with Crippen molar-refractivity contribution in [2.45, 2.75) is 70.8 Å². The summed E-state index contributed by atoms with van der Waals surface area (Å²) >= 11 is 0. The molecule has 0 bridgehead atoms. The van der Waals surface area contributed by atoms with Gasteiger partial charge in [0.15, 0.2) is 0 Å². The molecule has 1 aromatic rings. The first-order valence-corrected chi connectivity index (χ1v) is 9.84. The molecule has 0 aromatic heterocycles. The van der Waals surface area contributed by atoms with Crippen LogP contribution in [-0.2, 0) is 6.54 Å². The molecule has 1 heterocycles. The first-order valence-electron chi connectivity index (χ1n) is 9.84. The molecule has 0 amide bonds. The molecule has 0 spiro atoms. The highest BCUT2D eigenvalue weighted by atomic mass is 16.5. The van der Waals surface area contributed by atoms with Crippen LogP contribution >= 0.6 is 0 Å². The van der Waals surface area contributed by atoms with Gasteiger partial charge in [0.05, 0.1) is 6.61 Å². The number of rotatable bonds is 7. The molecule has 1 saturated heterocycles. The summed E-state index contributed by atoms with van der Waals surface area (Å²) in [6.45, 7) is 4.50. The Hall–Kier alpha value is -1.02. The Bertz CT molecular complexity index is 430. The Balaban J connectivity index is 1.33. The molecule has 2 nitrogen and oxygen atoms in total. The fourth-order valence-electron chi connectivity index (χ4n) is 4.10. The molecule has 0 atom stereocenters. The van der Waals surface area contributed by atoms with E-state index >= 15 is 0 Å². The zero-order valence-electron chi connectivity index (χ0n) is 14.6. The molecule has 2 fully saturated rings. The van der Waals surface area contributed by atoms with E-state index in [1.54, 1.807) is 0 Å². The number of nitrogens with zero attached hydrogens (tertiary/aromatic N) is 1. The van der Waals surface area contributed by atoms with Gasteiger partial charge in [-0.3, -0.25) is 4.90 Å². The van der Waals surface area contributed by atoms with E-state index in [4.69, 9.17) is 4.74 Å². The number of piperidine rings is 1. The molecule has 2 aliphatic rings. The summed E-state index contributed by atoms with van der Waals surface area (Å²) in [4.78, 5) is 2.57. The molecule has 1 aliphatic heterocycles. The molecule has 0 N–H and O–H groups in total. The zero-order chi connectivity index (χ0) is 15.7. The fraction of sp³-hybridized carbons (Fsp3) is 0.714. The first-order chi connectivity index (χ1) is 11.4. The van der Waals surface area contributed by atoms with Gasteiger partial charge in [0.2, 0.25) is 0 Å². The fourth-order valence-corrected chi connectivity index (χ4v) is 4.10. The molecule has 1 aliphatic carbocycles. The Kier molecular flexibility index (Phi) is 6.82. The third-order valence-electron chi connectivity index (χ3n) is 5.53. The first kappa shape index (κ1) is 16.8. The largest absolute Gasteiger partial charge is 0.494 e. The van der Waals surface area contributed by atoms with Crippen molar-refractivity contribution in [2.75, 3.05) is 19.7 Å². The summed E-state index contributed by atoms with van der Waals surface area (Å²) in [5.74, 6) is 2.01. The van der Waals surface area contributed by atoms with Gasteiger partial charge in [-0.15, -0.1) is 0 Å². The van der Waals surface area contributed by atoms with E-state index in [1.165, 1.54) is 82.9 Å². The number of likely N-dealkylation sites (tertiary alicyclic amines) is 1. The summed E-state index contributed by atoms with van der Waals surface area (Å²) in [5.41, 5.74) is 1.42. The van der Waals surface area contributed by atoms with Gasteiger partial charge in [0.1, 0.15) is 5.75 Å². The van der Waals surface area contributed by atoms with E-state index in [-0.39, 0.29) is 0 Å². The van der Waals surface area contributed by atoms with Crippen LogP contribution in [0.2, 0.25) is 0 Å².